The molecule has 5 nitrogen and oxygen atoms in total. The number of nitrogens with zero attached hydrogens (tertiary/aromatic N) is 3. The SMILES string of the molecule is COc1ccc(-c2ccc(Nc3ccc(-c4csc(C)n4)cc3)nn2)cc1. The number of hydrogen-bond donors (Lipinski definition) is 1. The summed E-state index contributed by atoms with van der Waals surface area (Å²) in [6.45, 7) is 2.01. The zero-order valence-corrected chi connectivity index (χ0v) is 15.8. The second-order valence-electron chi connectivity index (χ2n) is 5.99. The number of aromatic nitrogens is 3. The lowest BCUT2D eigenvalue weighted by molar-refractivity contribution is 0.415. The van der Waals surface area contributed by atoms with Gasteiger partial charge in [-0.25, -0.2) is 4.98 Å². The Hall–Kier alpha value is -3.25. The van der Waals surface area contributed by atoms with Crippen LogP contribution in [0.4, 0.5) is 11.5 Å². The van der Waals surface area contributed by atoms with E-state index < -0.39 is 0 Å². The molecule has 0 aliphatic carbocycles. The van der Waals surface area contributed by atoms with Gasteiger partial charge in [0.1, 0.15) is 5.75 Å². The van der Waals surface area contributed by atoms with Gasteiger partial charge in [-0.15, -0.1) is 21.5 Å². The van der Waals surface area contributed by atoms with E-state index in [0.717, 1.165) is 39.0 Å². The van der Waals surface area contributed by atoms with Crippen LogP contribution in [0.3, 0.4) is 0 Å². The highest BCUT2D eigenvalue weighted by Gasteiger charge is 2.04. The summed E-state index contributed by atoms with van der Waals surface area (Å²) in [5.74, 6) is 1.52. The van der Waals surface area contributed by atoms with Crippen molar-refractivity contribution in [1.29, 1.82) is 0 Å². The molecule has 4 aromatic rings. The molecule has 0 unspecified atom stereocenters. The zero-order valence-electron chi connectivity index (χ0n) is 15.0. The van der Waals surface area contributed by atoms with Crippen LogP contribution in [-0.2, 0) is 0 Å². The minimum absolute atomic E-state index is 0.699. The van der Waals surface area contributed by atoms with Crippen molar-refractivity contribution in [2.45, 2.75) is 6.92 Å². The maximum absolute atomic E-state index is 5.18. The summed E-state index contributed by atoms with van der Waals surface area (Å²) in [7, 11) is 1.65. The van der Waals surface area contributed by atoms with Crippen LogP contribution in [0.2, 0.25) is 0 Å². The van der Waals surface area contributed by atoms with E-state index in [2.05, 4.69) is 38.0 Å². The molecule has 0 radical (unpaired) electrons. The summed E-state index contributed by atoms with van der Waals surface area (Å²) in [5, 5.41) is 15.0. The second-order valence-corrected chi connectivity index (χ2v) is 7.05. The van der Waals surface area contributed by atoms with Gasteiger partial charge >= 0.3 is 0 Å². The number of hydrogen-bond acceptors (Lipinski definition) is 6. The Balaban J connectivity index is 1.46. The maximum atomic E-state index is 5.18. The lowest BCUT2D eigenvalue weighted by Crippen LogP contribution is -1.96. The normalized spacial score (nSPS) is 10.6. The van der Waals surface area contributed by atoms with E-state index >= 15 is 0 Å². The summed E-state index contributed by atoms with van der Waals surface area (Å²) in [4.78, 5) is 4.51. The summed E-state index contributed by atoms with van der Waals surface area (Å²) >= 11 is 1.66. The van der Waals surface area contributed by atoms with Gasteiger partial charge < -0.3 is 10.1 Å². The summed E-state index contributed by atoms with van der Waals surface area (Å²) < 4.78 is 5.18. The van der Waals surface area contributed by atoms with Crippen molar-refractivity contribution in [2.24, 2.45) is 0 Å². The molecule has 0 aliphatic heterocycles. The van der Waals surface area contributed by atoms with Crippen LogP contribution in [0.5, 0.6) is 5.75 Å². The van der Waals surface area contributed by atoms with E-state index in [-0.39, 0.29) is 0 Å². The topological polar surface area (TPSA) is 59.9 Å². The maximum Gasteiger partial charge on any atom is 0.153 e. The second kappa shape index (κ2) is 7.55. The van der Waals surface area contributed by atoms with Crippen molar-refractivity contribution in [1.82, 2.24) is 15.2 Å². The molecule has 0 bridgehead atoms. The molecule has 2 aromatic carbocycles. The van der Waals surface area contributed by atoms with Gasteiger partial charge in [0, 0.05) is 22.2 Å². The van der Waals surface area contributed by atoms with Crippen LogP contribution in [0.15, 0.2) is 66.0 Å². The highest BCUT2D eigenvalue weighted by atomic mass is 32.1. The number of thiazole rings is 1. The van der Waals surface area contributed by atoms with Gasteiger partial charge in [0.2, 0.25) is 0 Å². The molecule has 0 saturated heterocycles. The molecular weight excluding hydrogens is 356 g/mol. The van der Waals surface area contributed by atoms with Gasteiger partial charge in [0.15, 0.2) is 5.82 Å². The Labute approximate surface area is 161 Å². The minimum Gasteiger partial charge on any atom is -0.497 e. The van der Waals surface area contributed by atoms with Crippen LogP contribution in [0.1, 0.15) is 5.01 Å². The van der Waals surface area contributed by atoms with Crippen molar-refractivity contribution in [2.75, 3.05) is 12.4 Å². The average Bonchev–Trinajstić information content (AvgIpc) is 3.16. The predicted octanol–water partition coefficient (Wildman–Crippen LogP) is 5.33. The van der Waals surface area contributed by atoms with Crippen molar-refractivity contribution in [3.05, 3.63) is 71.1 Å². The van der Waals surface area contributed by atoms with E-state index in [1.54, 1.807) is 18.4 Å². The highest BCUT2D eigenvalue weighted by molar-refractivity contribution is 7.09. The quantitative estimate of drug-likeness (QED) is 0.512. The third kappa shape index (κ3) is 3.96. The molecule has 4 rings (SSSR count). The van der Waals surface area contributed by atoms with Crippen LogP contribution in [0, 0.1) is 6.92 Å². The van der Waals surface area contributed by atoms with E-state index in [9.17, 15) is 0 Å². The summed E-state index contributed by atoms with van der Waals surface area (Å²) in [5.41, 5.74) is 4.88. The Morgan fingerprint density at radius 2 is 1.52 bits per heavy atom. The molecule has 1 N–H and O–H groups in total. The number of methoxy groups -OCH3 is 1. The number of benzene rings is 2. The monoisotopic (exact) mass is 374 g/mol. The molecular formula is C21H18N4OS. The molecule has 2 aromatic heterocycles. The number of rotatable bonds is 5. The van der Waals surface area contributed by atoms with Gasteiger partial charge in [0.05, 0.1) is 23.5 Å². The van der Waals surface area contributed by atoms with Crippen LogP contribution in [0.25, 0.3) is 22.5 Å². The molecule has 0 amide bonds. The fourth-order valence-corrected chi connectivity index (χ4v) is 3.30. The molecule has 0 fully saturated rings. The number of anilines is 2. The van der Waals surface area contributed by atoms with E-state index in [1.165, 1.54) is 0 Å². The molecule has 134 valence electrons. The van der Waals surface area contributed by atoms with Gasteiger partial charge in [-0.1, -0.05) is 12.1 Å². The first-order valence-electron chi connectivity index (χ1n) is 8.49. The summed E-state index contributed by atoms with van der Waals surface area (Å²) in [6, 6.07) is 19.8. The summed E-state index contributed by atoms with van der Waals surface area (Å²) in [6.07, 6.45) is 0. The van der Waals surface area contributed by atoms with Gasteiger partial charge in [0.25, 0.3) is 0 Å². The molecule has 0 atom stereocenters. The van der Waals surface area contributed by atoms with Gasteiger partial charge in [-0.3, -0.25) is 0 Å². The average molecular weight is 374 g/mol. The smallest absolute Gasteiger partial charge is 0.153 e. The lowest BCUT2D eigenvalue weighted by Gasteiger charge is -2.07. The number of nitrogens with one attached hydrogen (secondary N) is 1. The van der Waals surface area contributed by atoms with Crippen LogP contribution in [-0.4, -0.2) is 22.3 Å². The van der Waals surface area contributed by atoms with E-state index in [1.807, 2.05) is 55.5 Å². The highest BCUT2D eigenvalue weighted by Crippen LogP contribution is 2.25. The van der Waals surface area contributed by atoms with Crippen LogP contribution >= 0.6 is 11.3 Å². The molecule has 0 aliphatic rings. The van der Waals surface area contributed by atoms with E-state index in [4.69, 9.17) is 4.74 Å². The zero-order chi connectivity index (χ0) is 18.6. The predicted molar refractivity (Wildman–Crippen MR) is 110 cm³/mol. The molecule has 6 heteroatoms. The molecule has 27 heavy (non-hydrogen) atoms. The Morgan fingerprint density at radius 1 is 0.815 bits per heavy atom. The lowest BCUT2D eigenvalue weighted by atomic mass is 10.1. The Kier molecular flexibility index (Phi) is 4.80. The fourth-order valence-electron chi connectivity index (χ4n) is 2.68. The molecule has 0 saturated carbocycles. The first-order valence-corrected chi connectivity index (χ1v) is 9.37. The number of ether oxygens (including phenoxy) is 1. The Morgan fingerprint density at radius 3 is 2.11 bits per heavy atom. The number of aryl methyl sites for hydroxylation is 1. The molecule has 0 spiro atoms. The minimum atomic E-state index is 0.699. The van der Waals surface area contributed by atoms with Crippen molar-refractivity contribution in [3.63, 3.8) is 0 Å². The van der Waals surface area contributed by atoms with Gasteiger partial charge in [-0.05, 0) is 55.5 Å². The van der Waals surface area contributed by atoms with Gasteiger partial charge in [-0.2, -0.15) is 0 Å². The Bertz CT molecular complexity index is 1030. The largest absolute Gasteiger partial charge is 0.497 e. The van der Waals surface area contributed by atoms with Crippen molar-refractivity contribution < 1.29 is 4.74 Å². The third-order valence-electron chi connectivity index (χ3n) is 4.12. The molecule has 2 heterocycles. The van der Waals surface area contributed by atoms with Crippen molar-refractivity contribution in [3.8, 4) is 28.3 Å². The van der Waals surface area contributed by atoms with Crippen molar-refractivity contribution >= 4 is 22.8 Å². The van der Waals surface area contributed by atoms with Crippen LogP contribution < -0.4 is 10.1 Å². The van der Waals surface area contributed by atoms with E-state index in [0.29, 0.717) is 5.82 Å². The third-order valence-corrected chi connectivity index (χ3v) is 4.90. The first kappa shape index (κ1) is 17.2. The first-order chi connectivity index (χ1) is 13.2. The standard InChI is InChI=1S/C21H18N4OS/c1-14-22-20(13-27-14)16-3-7-17(8-4-16)23-21-12-11-19(24-25-21)15-5-9-18(26-2)10-6-15/h3-13H,1-2H3,(H,23,25). The fraction of sp³-hybridized carbons (Fsp3) is 0.0952.